The maximum atomic E-state index is 13.7. The molecule has 1 amide bonds. The maximum Gasteiger partial charge on any atom is 0.230 e. The third kappa shape index (κ3) is 4.16. The van der Waals surface area contributed by atoms with Crippen LogP contribution in [-0.4, -0.2) is 81.2 Å². The zero-order valence-electron chi connectivity index (χ0n) is 21.7. The zero-order valence-corrected chi connectivity index (χ0v) is 21.7. The number of nitrogens with two attached hydrogens (primary N) is 1. The predicted octanol–water partition coefficient (Wildman–Crippen LogP) is 0.421. The number of aliphatic hydroxyl groups is 3. The second-order valence-electron chi connectivity index (χ2n) is 11.0. The lowest BCUT2D eigenvalue weighted by Crippen LogP contribution is -2.71. The number of phenols is 1. The van der Waals surface area contributed by atoms with Crippen molar-refractivity contribution >= 4 is 17.5 Å². The van der Waals surface area contributed by atoms with E-state index in [1.807, 2.05) is 0 Å². The van der Waals surface area contributed by atoms with Crippen molar-refractivity contribution < 1.29 is 34.8 Å². The van der Waals surface area contributed by atoms with E-state index in [1.165, 1.54) is 6.07 Å². The smallest absolute Gasteiger partial charge is 0.230 e. The van der Waals surface area contributed by atoms with Crippen molar-refractivity contribution in [2.24, 2.45) is 29.4 Å². The number of carbonyl (C=O) groups is 3. The molecule has 1 aromatic carbocycles. The minimum atomic E-state index is -2.57. The summed E-state index contributed by atoms with van der Waals surface area (Å²) in [4.78, 5) is 40.8. The molecule has 1 saturated carbocycles. The molecule has 7 N–H and O–H groups in total. The van der Waals surface area contributed by atoms with Crippen LogP contribution < -0.4 is 11.1 Å². The first kappa shape index (κ1) is 27.3. The van der Waals surface area contributed by atoms with Crippen LogP contribution in [0.3, 0.4) is 0 Å². The molecule has 3 aliphatic rings. The van der Waals surface area contributed by atoms with Gasteiger partial charge in [0, 0.05) is 24.1 Å². The molecule has 1 aromatic rings. The molecule has 1 fully saturated rings. The van der Waals surface area contributed by atoms with Crippen molar-refractivity contribution in [3.05, 3.63) is 40.2 Å². The molecule has 0 aromatic heterocycles. The van der Waals surface area contributed by atoms with Gasteiger partial charge in [-0.05, 0) is 62.5 Å². The van der Waals surface area contributed by atoms with Crippen LogP contribution in [0.4, 0.5) is 0 Å². The van der Waals surface area contributed by atoms with Gasteiger partial charge in [0.1, 0.15) is 17.4 Å². The summed E-state index contributed by atoms with van der Waals surface area (Å²) in [6.45, 7) is 5.52. The van der Waals surface area contributed by atoms with Gasteiger partial charge < -0.3 is 36.4 Å². The van der Waals surface area contributed by atoms with Gasteiger partial charge in [0.05, 0.1) is 11.7 Å². The fraction of sp³-hybridized carbons (Fsp3) is 0.593. The summed E-state index contributed by atoms with van der Waals surface area (Å²) >= 11 is 0. The molecular weight excluding hydrogens is 478 g/mol. The number of nitrogens with one attached hydrogen (secondary N) is 1. The van der Waals surface area contributed by atoms with Gasteiger partial charge in [0.2, 0.25) is 5.91 Å². The average molecular weight is 516 g/mol. The van der Waals surface area contributed by atoms with Gasteiger partial charge in [-0.15, -0.1) is 0 Å². The Morgan fingerprint density at radius 2 is 1.95 bits per heavy atom. The van der Waals surface area contributed by atoms with E-state index in [2.05, 4.69) is 19.2 Å². The molecule has 7 atom stereocenters. The number of carbonyl (C=O) groups excluding carboxylic acids is 3. The van der Waals surface area contributed by atoms with Crippen LogP contribution in [0.25, 0.3) is 0 Å². The van der Waals surface area contributed by atoms with E-state index >= 15 is 0 Å². The lowest BCUT2D eigenvalue weighted by Gasteiger charge is -2.53. The first-order valence-electron chi connectivity index (χ1n) is 12.8. The van der Waals surface area contributed by atoms with Crippen molar-refractivity contribution in [1.29, 1.82) is 0 Å². The third-order valence-electron chi connectivity index (χ3n) is 8.58. The van der Waals surface area contributed by atoms with E-state index in [4.69, 9.17) is 5.73 Å². The topological polar surface area (TPSA) is 173 Å². The summed E-state index contributed by atoms with van der Waals surface area (Å²) in [5.41, 5.74) is 4.25. The van der Waals surface area contributed by atoms with Crippen LogP contribution >= 0.6 is 0 Å². The van der Waals surface area contributed by atoms with Crippen LogP contribution in [0.5, 0.6) is 5.75 Å². The van der Waals surface area contributed by atoms with Crippen LogP contribution in [0.2, 0.25) is 0 Å². The number of likely N-dealkylation sites (N-methyl/N-ethyl adjacent to an activating group) is 1. The Balaban J connectivity index is 1.81. The van der Waals surface area contributed by atoms with Crippen LogP contribution in [0.1, 0.15) is 48.2 Å². The Morgan fingerprint density at radius 1 is 1.27 bits per heavy atom. The number of allylic oxidation sites excluding steroid dienone is 1. The van der Waals surface area contributed by atoms with Gasteiger partial charge in [-0.2, -0.15) is 0 Å². The molecule has 0 saturated heterocycles. The van der Waals surface area contributed by atoms with E-state index in [1.54, 1.807) is 25.1 Å². The maximum absolute atomic E-state index is 13.7. The van der Waals surface area contributed by atoms with Crippen LogP contribution in [0, 0.1) is 23.7 Å². The number of phenolic OH excluding ortho intramolecular Hbond substituents is 1. The fourth-order valence-corrected chi connectivity index (χ4v) is 6.43. The molecule has 0 aliphatic heterocycles. The average Bonchev–Trinajstić information content (AvgIpc) is 2.82. The number of primary amides is 1. The lowest BCUT2D eigenvalue weighted by atomic mass is 9.56. The normalized spacial score (nSPS) is 32.1. The highest BCUT2D eigenvalue weighted by Crippen LogP contribution is 2.52. The second kappa shape index (κ2) is 9.83. The van der Waals surface area contributed by atoms with Gasteiger partial charge in [-0.1, -0.05) is 26.3 Å². The number of rotatable bonds is 7. The standard InChI is InChI=1S/C27H37N3O7/c1-5-12(2)10-29-11-13-6-7-17(31)19-15(13)8-14-9-16-21(30(3)4)23(33)20(26(28)36)25(35)27(16,37)24(34)18(14)22(19)32/h6-7,12,14,16,20-21,23,29,31,33-34,37H,5,8-11H2,1-4H3,(H2,28,36)/t12?,14-,16-,20?,21-,23?,27-/m0/s1. The zero-order chi connectivity index (χ0) is 27.4. The highest BCUT2D eigenvalue weighted by atomic mass is 16.3. The Bertz CT molecular complexity index is 1160. The Kier molecular flexibility index (Phi) is 7.24. The Morgan fingerprint density at radius 3 is 2.54 bits per heavy atom. The molecule has 4 rings (SSSR count). The first-order chi connectivity index (χ1) is 17.4. The van der Waals surface area contributed by atoms with Gasteiger partial charge in [0.25, 0.3) is 0 Å². The van der Waals surface area contributed by atoms with Gasteiger partial charge >= 0.3 is 0 Å². The van der Waals surface area contributed by atoms with E-state index < -0.39 is 58.7 Å². The molecule has 10 heteroatoms. The summed E-state index contributed by atoms with van der Waals surface area (Å²) in [5.74, 6) is -6.80. The molecule has 202 valence electrons. The molecule has 3 unspecified atom stereocenters. The van der Waals surface area contributed by atoms with Crippen LogP contribution in [-0.2, 0) is 22.6 Å². The monoisotopic (exact) mass is 515 g/mol. The van der Waals surface area contributed by atoms with Crippen molar-refractivity contribution in [3.8, 4) is 5.75 Å². The fourth-order valence-electron chi connectivity index (χ4n) is 6.43. The quantitative estimate of drug-likeness (QED) is 0.281. The number of hydrogen-bond acceptors (Lipinski definition) is 9. The number of Topliss-reactive ketones (excluding diaryl/α,β-unsaturated/α-hetero) is 2. The Labute approximate surface area is 216 Å². The van der Waals surface area contributed by atoms with Gasteiger partial charge in [0.15, 0.2) is 17.2 Å². The SMILES string of the molecule is CCC(C)CNCc1ccc(O)c2c1C[C@H]1C[C@H]3[C@H](N(C)C)C(O)C(C(N)=O)C(=O)[C@@]3(O)C(O)=C1C2=O. The molecule has 0 radical (unpaired) electrons. The molecule has 3 aliphatic carbocycles. The molecule has 0 heterocycles. The number of amides is 1. The largest absolute Gasteiger partial charge is 0.508 e. The number of benzene rings is 1. The van der Waals surface area contributed by atoms with E-state index in [0.29, 0.717) is 24.4 Å². The van der Waals surface area contributed by atoms with Crippen molar-refractivity contribution in [3.63, 3.8) is 0 Å². The number of nitrogens with zero attached hydrogens (tertiary/aromatic N) is 1. The minimum absolute atomic E-state index is 0.0431. The van der Waals surface area contributed by atoms with Gasteiger partial charge in [-0.3, -0.25) is 14.4 Å². The summed E-state index contributed by atoms with van der Waals surface area (Å²) < 4.78 is 0. The lowest BCUT2D eigenvalue weighted by molar-refractivity contribution is -0.178. The van der Waals surface area contributed by atoms with Gasteiger partial charge in [-0.25, -0.2) is 0 Å². The minimum Gasteiger partial charge on any atom is -0.508 e. The number of ketones is 2. The number of aromatic hydroxyl groups is 1. The molecule has 10 nitrogen and oxygen atoms in total. The number of aliphatic hydroxyl groups excluding tert-OH is 2. The number of hydrogen-bond donors (Lipinski definition) is 6. The molecule has 0 spiro atoms. The first-order valence-corrected chi connectivity index (χ1v) is 12.8. The second-order valence-corrected chi connectivity index (χ2v) is 11.0. The highest BCUT2D eigenvalue weighted by molar-refractivity contribution is 6.15. The Hall–Kier alpha value is -2.79. The van der Waals surface area contributed by atoms with Crippen molar-refractivity contribution in [2.45, 2.75) is 57.4 Å². The summed E-state index contributed by atoms with van der Waals surface area (Å²) in [5, 5.41) is 48.0. The van der Waals surface area contributed by atoms with Crippen molar-refractivity contribution in [1.82, 2.24) is 10.2 Å². The molecule has 0 bridgehead atoms. The van der Waals surface area contributed by atoms with Crippen LogP contribution in [0.15, 0.2) is 23.5 Å². The van der Waals surface area contributed by atoms with E-state index in [9.17, 15) is 34.8 Å². The summed E-state index contributed by atoms with van der Waals surface area (Å²) in [6, 6.07) is 2.32. The summed E-state index contributed by atoms with van der Waals surface area (Å²) in [6.07, 6.45) is -0.0673. The van der Waals surface area contributed by atoms with E-state index in [0.717, 1.165) is 18.5 Å². The third-order valence-corrected chi connectivity index (χ3v) is 8.58. The predicted molar refractivity (Wildman–Crippen MR) is 135 cm³/mol. The molecule has 37 heavy (non-hydrogen) atoms. The van der Waals surface area contributed by atoms with Crippen molar-refractivity contribution in [2.75, 3.05) is 20.6 Å². The summed E-state index contributed by atoms with van der Waals surface area (Å²) in [7, 11) is 3.28. The number of fused-ring (bicyclic) bond motifs is 3. The highest BCUT2D eigenvalue weighted by Gasteiger charge is 2.66. The van der Waals surface area contributed by atoms with E-state index in [-0.39, 0.29) is 23.3 Å². The molecular formula is C27H37N3O7.